The monoisotopic (exact) mass is 385 g/mol. The summed E-state index contributed by atoms with van der Waals surface area (Å²) >= 11 is 1.19. The fraction of sp³-hybridized carbons (Fsp3) is 0.211. The Morgan fingerprint density at radius 3 is 2.37 bits per heavy atom. The average Bonchev–Trinajstić information content (AvgIpc) is 3.16. The SMILES string of the molecule is COc1cc(OC)cc(-c2nnc(S[C@H](C)C(=O)Nc3ccccc3)o2)c1. The van der Waals surface area contributed by atoms with Crippen LogP contribution in [-0.4, -0.2) is 35.6 Å². The number of hydrogen-bond donors (Lipinski definition) is 1. The lowest BCUT2D eigenvalue weighted by atomic mass is 10.2. The Labute approximate surface area is 161 Å². The van der Waals surface area contributed by atoms with E-state index in [2.05, 4.69) is 15.5 Å². The molecule has 8 heteroatoms. The predicted molar refractivity (Wildman–Crippen MR) is 103 cm³/mol. The number of hydrogen-bond acceptors (Lipinski definition) is 7. The van der Waals surface area contributed by atoms with Gasteiger partial charge in [0, 0.05) is 17.3 Å². The largest absolute Gasteiger partial charge is 0.497 e. The highest BCUT2D eigenvalue weighted by Gasteiger charge is 2.19. The molecular weight excluding hydrogens is 366 g/mol. The second-order valence-corrected chi connectivity index (χ2v) is 6.88. The Morgan fingerprint density at radius 1 is 1.07 bits per heavy atom. The number of ether oxygens (including phenoxy) is 2. The molecule has 0 aliphatic carbocycles. The molecule has 3 aromatic rings. The van der Waals surface area contributed by atoms with E-state index in [1.807, 2.05) is 30.3 Å². The number of carbonyl (C=O) groups is 1. The number of benzene rings is 2. The van der Waals surface area contributed by atoms with Crippen LogP contribution in [-0.2, 0) is 4.79 Å². The van der Waals surface area contributed by atoms with Crippen LogP contribution in [0.4, 0.5) is 5.69 Å². The number of nitrogens with zero attached hydrogens (tertiary/aromatic N) is 2. The van der Waals surface area contributed by atoms with Gasteiger partial charge >= 0.3 is 0 Å². The molecule has 0 bridgehead atoms. The molecule has 1 aromatic heterocycles. The Hall–Kier alpha value is -3.00. The first-order valence-corrected chi connectivity index (χ1v) is 9.06. The molecule has 0 fully saturated rings. The van der Waals surface area contributed by atoms with Gasteiger partial charge in [-0.05, 0) is 31.2 Å². The summed E-state index contributed by atoms with van der Waals surface area (Å²) in [5.74, 6) is 1.42. The molecule has 0 saturated heterocycles. The maximum Gasteiger partial charge on any atom is 0.277 e. The van der Waals surface area contributed by atoms with Gasteiger partial charge in [-0.2, -0.15) is 0 Å². The molecule has 140 valence electrons. The minimum atomic E-state index is -0.404. The van der Waals surface area contributed by atoms with E-state index in [0.29, 0.717) is 28.2 Å². The highest BCUT2D eigenvalue weighted by atomic mass is 32.2. The first-order chi connectivity index (χ1) is 13.1. The molecule has 0 saturated carbocycles. The molecule has 0 spiro atoms. The molecule has 1 heterocycles. The van der Waals surface area contributed by atoms with E-state index < -0.39 is 5.25 Å². The van der Waals surface area contributed by atoms with Gasteiger partial charge in [-0.3, -0.25) is 4.79 Å². The van der Waals surface area contributed by atoms with Gasteiger partial charge in [0.1, 0.15) is 11.5 Å². The number of carbonyl (C=O) groups excluding carboxylic acids is 1. The van der Waals surface area contributed by atoms with Crippen LogP contribution in [0.25, 0.3) is 11.5 Å². The molecule has 1 amide bonds. The summed E-state index contributed by atoms with van der Waals surface area (Å²) < 4.78 is 16.2. The lowest BCUT2D eigenvalue weighted by molar-refractivity contribution is -0.115. The standard InChI is InChI=1S/C19H19N3O4S/c1-12(17(23)20-14-7-5-4-6-8-14)27-19-22-21-18(26-19)13-9-15(24-2)11-16(10-13)25-3/h4-12H,1-3H3,(H,20,23)/t12-/m1/s1. The minimum Gasteiger partial charge on any atom is -0.497 e. The van der Waals surface area contributed by atoms with Crippen LogP contribution in [0.15, 0.2) is 58.2 Å². The highest BCUT2D eigenvalue weighted by molar-refractivity contribution is 8.00. The Morgan fingerprint density at radius 2 is 1.74 bits per heavy atom. The minimum absolute atomic E-state index is 0.144. The van der Waals surface area contributed by atoms with Crippen LogP contribution >= 0.6 is 11.8 Å². The van der Waals surface area contributed by atoms with E-state index in [1.54, 1.807) is 39.3 Å². The molecule has 27 heavy (non-hydrogen) atoms. The second kappa shape index (κ2) is 8.59. The van der Waals surface area contributed by atoms with E-state index >= 15 is 0 Å². The zero-order valence-corrected chi connectivity index (χ0v) is 15.9. The van der Waals surface area contributed by atoms with Gasteiger partial charge in [0.2, 0.25) is 11.8 Å². The van der Waals surface area contributed by atoms with E-state index in [4.69, 9.17) is 13.9 Å². The fourth-order valence-electron chi connectivity index (χ4n) is 2.28. The third-order valence-corrected chi connectivity index (χ3v) is 4.63. The van der Waals surface area contributed by atoms with Crippen molar-refractivity contribution in [1.29, 1.82) is 0 Å². The number of thioether (sulfide) groups is 1. The van der Waals surface area contributed by atoms with Crippen molar-refractivity contribution in [2.75, 3.05) is 19.5 Å². The highest BCUT2D eigenvalue weighted by Crippen LogP contribution is 2.31. The Bertz CT molecular complexity index is 892. The fourth-order valence-corrected chi connectivity index (χ4v) is 2.96. The summed E-state index contributed by atoms with van der Waals surface area (Å²) in [7, 11) is 3.14. The molecule has 0 aliphatic rings. The van der Waals surface area contributed by atoms with Crippen molar-refractivity contribution >= 4 is 23.4 Å². The van der Waals surface area contributed by atoms with Crippen molar-refractivity contribution < 1.29 is 18.7 Å². The van der Waals surface area contributed by atoms with Crippen molar-refractivity contribution in [2.24, 2.45) is 0 Å². The van der Waals surface area contributed by atoms with Gasteiger partial charge < -0.3 is 19.2 Å². The zero-order chi connectivity index (χ0) is 19.2. The summed E-state index contributed by atoms with van der Waals surface area (Å²) in [4.78, 5) is 12.3. The van der Waals surface area contributed by atoms with Crippen LogP contribution < -0.4 is 14.8 Å². The number of para-hydroxylation sites is 1. The van der Waals surface area contributed by atoms with Gasteiger partial charge in [-0.15, -0.1) is 10.2 Å². The number of anilines is 1. The molecule has 0 aliphatic heterocycles. The maximum absolute atomic E-state index is 12.3. The molecular formula is C19H19N3O4S. The van der Waals surface area contributed by atoms with Crippen molar-refractivity contribution in [3.8, 4) is 23.0 Å². The molecule has 7 nitrogen and oxygen atoms in total. The van der Waals surface area contributed by atoms with Crippen LogP contribution in [0.1, 0.15) is 6.92 Å². The Kier molecular flexibility index (Phi) is 5.97. The number of methoxy groups -OCH3 is 2. The van der Waals surface area contributed by atoms with Crippen LogP contribution in [0.2, 0.25) is 0 Å². The number of rotatable bonds is 7. The smallest absolute Gasteiger partial charge is 0.277 e. The first kappa shape index (κ1) is 18.8. The summed E-state index contributed by atoms with van der Waals surface area (Å²) in [6, 6.07) is 14.6. The third kappa shape index (κ3) is 4.79. The van der Waals surface area contributed by atoms with Crippen molar-refractivity contribution in [3.63, 3.8) is 0 Å². The van der Waals surface area contributed by atoms with Crippen LogP contribution in [0.3, 0.4) is 0 Å². The van der Waals surface area contributed by atoms with E-state index in [0.717, 1.165) is 5.69 Å². The summed E-state index contributed by atoms with van der Waals surface area (Å²) in [5.41, 5.74) is 1.41. The summed E-state index contributed by atoms with van der Waals surface area (Å²) in [5, 5.41) is 10.8. The molecule has 1 atom stereocenters. The quantitative estimate of drug-likeness (QED) is 0.618. The number of amides is 1. The molecule has 2 aromatic carbocycles. The normalized spacial score (nSPS) is 11.7. The zero-order valence-electron chi connectivity index (χ0n) is 15.1. The maximum atomic E-state index is 12.3. The lowest BCUT2D eigenvalue weighted by Crippen LogP contribution is -2.22. The second-order valence-electron chi connectivity index (χ2n) is 5.59. The summed E-state index contributed by atoms with van der Waals surface area (Å²) in [6.45, 7) is 1.78. The molecule has 0 unspecified atom stereocenters. The van der Waals surface area contributed by atoms with Gasteiger partial charge in [-0.1, -0.05) is 30.0 Å². The van der Waals surface area contributed by atoms with E-state index in [-0.39, 0.29) is 5.91 Å². The van der Waals surface area contributed by atoms with Gasteiger partial charge in [-0.25, -0.2) is 0 Å². The van der Waals surface area contributed by atoms with Gasteiger partial charge in [0.25, 0.3) is 5.22 Å². The number of aromatic nitrogens is 2. The first-order valence-electron chi connectivity index (χ1n) is 8.18. The topological polar surface area (TPSA) is 86.5 Å². The van der Waals surface area contributed by atoms with E-state index in [1.165, 1.54) is 11.8 Å². The third-order valence-electron chi connectivity index (χ3n) is 3.69. The van der Waals surface area contributed by atoms with Crippen LogP contribution in [0, 0.1) is 0 Å². The van der Waals surface area contributed by atoms with Crippen molar-refractivity contribution in [1.82, 2.24) is 10.2 Å². The van der Waals surface area contributed by atoms with Gasteiger partial charge in [0.05, 0.1) is 19.5 Å². The van der Waals surface area contributed by atoms with Gasteiger partial charge in [0.15, 0.2) is 0 Å². The van der Waals surface area contributed by atoms with Crippen molar-refractivity contribution in [3.05, 3.63) is 48.5 Å². The Balaban J connectivity index is 1.69. The summed E-state index contributed by atoms with van der Waals surface area (Å²) in [6.07, 6.45) is 0. The molecule has 3 rings (SSSR count). The molecule has 1 N–H and O–H groups in total. The predicted octanol–water partition coefficient (Wildman–Crippen LogP) is 3.87. The van der Waals surface area contributed by atoms with Crippen molar-refractivity contribution in [2.45, 2.75) is 17.4 Å². The molecule has 0 radical (unpaired) electrons. The number of nitrogens with one attached hydrogen (secondary N) is 1. The average molecular weight is 385 g/mol. The lowest BCUT2D eigenvalue weighted by Gasteiger charge is -2.09. The van der Waals surface area contributed by atoms with Crippen LogP contribution in [0.5, 0.6) is 11.5 Å². The van der Waals surface area contributed by atoms with E-state index in [9.17, 15) is 4.79 Å².